The van der Waals surface area contributed by atoms with Crippen LogP contribution in [0.15, 0.2) is 0 Å². The van der Waals surface area contributed by atoms with Crippen LogP contribution in [0.1, 0.15) is 0 Å². The lowest BCUT2D eigenvalue weighted by Gasteiger charge is -2.02. The molecular weight excluding hydrogens is 284 g/mol. The van der Waals surface area contributed by atoms with Gasteiger partial charge in [-0.3, -0.25) is 18.7 Å². The van der Waals surface area contributed by atoms with Gasteiger partial charge in [0.15, 0.2) is 0 Å². The van der Waals surface area contributed by atoms with Gasteiger partial charge in [-0.25, -0.2) is 0 Å². The molecule has 100 valence electrons. The minimum atomic E-state index is -4.60. The third-order valence-electron chi connectivity index (χ3n) is 1.03. The summed E-state index contributed by atoms with van der Waals surface area (Å²) in [5.74, 6) is -2.74. The number of carbonyl (C=O) groups is 2. The number of carbonyl (C=O) groups excluding carboxylic acids is 2. The number of hydrogen-bond donors (Lipinski definition) is 4. The lowest BCUT2D eigenvalue weighted by Crippen LogP contribution is -2.35. The molecule has 0 radical (unpaired) electrons. The first kappa shape index (κ1) is 15.9. The maximum Gasteiger partial charge on any atom is 0.333 e. The lowest BCUT2D eigenvalue weighted by atomic mass is 10.6. The van der Waals surface area contributed by atoms with E-state index >= 15 is 0 Å². The fourth-order valence-corrected chi connectivity index (χ4v) is 1.10. The van der Waals surface area contributed by atoms with Crippen molar-refractivity contribution in [3.63, 3.8) is 0 Å². The fourth-order valence-electron chi connectivity index (χ4n) is 0.499. The van der Waals surface area contributed by atoms with Gasteiger partial charge in [0.2, 0.25) is 0 Å². The summed E-state index contributed by atoms with van der Waals surface area (Å²) in [4.78, 5) is 21.4. The van der Waals surface area contributed by atoms with Gasteiger partial charge in [-0.1, -0.05) is 0 Å². The van der Waals surface area contributed by atoms with Crippen LogP contribution in [0.2, 0.25) is 0 Å². The Hall–Kier alpha value is -1.12. The number of esters is 2. The van der Waals surface area contributed by atoms with Gasteiger partial charge in [0.1, 0.15) is 13.1 Å². The highest BCUT2D eigenvalue weighted by molar-refractivity contribution is 7.84. The van der Waals surface area contributed by atoms with Crippen molar-refractivity contribution < 1.29 is 40.3 Å². The molecule has 0 aliphatic rings. The SMILES string of the molecule is O=C(CNS(=O)(=O)O)OC(=O)CNS(=O)(=O)O. The first-order chi connectivity index (χ1) is 7.49. The highest BCUT2D eigenvalue weighted by Crippen LogP contribution is 1.82. The Labute approximate surface area is 95.9 Å². The largest absolute Gasteiger partial charge is 0.391 e. The first-order valence-electron chi connectivity index (χ1n) is 3.67. The van der Waals surface area contributed by atoms with Crippen LogP contribution in [0.3, 0.4) is 0 Å². The van der Waals surface area contributed by atoms with Crippen molar-refractivity contribution >= 4 is 32.5 Å². The van der Waals surface area contributed by atoms with Crippen molar-refractivity contribution in [2.75, 3.05) is 13.1 Å². The van der Waals surface area contributed by atoms with Crippen molar-refractivity contribution in [3.8, 4) is 0 Å². The van der Waals surface area contributed by atoms with Gasteiger partial charge >= 0.3 is 32.5 Å². The molecule has 0 rings (SSSR count). The zero-order chi connectivity index (χ0) is 13.7. The molecule has 4 N–H and O–H groups in total. The number of hydrogen-bond acceptors (Lipinski definition) is 7. The number of ether oxygens (including phenoxy) is 1. The fraction of sp³-hybridized carbons (Fsp3) is 0.500. The van der Waals surface area contributed by atoms with Crippen LogP contribution < -0.4 is 9.44 Å². The molecule has 0 fully saturated rings. The molecule has 0 unspecified atom stereocenters. The van der Waals surface area contributed by atoms with E-state index < -0.39 is 45.6 Å². The van der Waals surface area contributed by atoms with E-state index in [4.69, 9.17) is 9.11 Å². The van der Waals surface area contributed by atoms with Crippen LogP contribution >= 0.6 is 0 Å². The summed E-state index contributed by atoms with van der Waals surface area (Å²) in [6, 6.07) is 0. The summed E-state index contributed by atoms with van der Waals surface area (Å²) in [5, 5.41) is 0. The van der Waals surface area contributed by atoms with E-state index in [1.54, 1.807) is 0 Å². The van der Waals surface area contributed by atoms with Crippen molar-refractivity contribution in [3.05, 3.63) is 0 Å². The Morgan fingerprint density at radius 3 is 1.41 bits per heavy atom. The minimum absolute atomic E-state index is 1.02. The Kier molecular flexibility index (Phi) is 5.59. The minimum Gasteiger partial charge on any atom is -0.391 e. The van der Waals surface area contributed by atoms with Gasteiger partial charge in [-0.05, 0) is 0 Å². The Bertz CT molecular complexity index is 445. The van der Waals surface area contributed by atoms with E-state index in [2.05, 4.69) is 4.74 Å². The zero-order valence-corrected chi connectivity index (χ0v) is 9.62. The molecule has 0 spiro atoms. The average molecular weight is 292 g/mol. The molecule has 0 amide bonds. The van der Waals surface area contributed by atoms with Gasteiger partial charge in [0, 0.05) is 0 Å². The van der Waals surface area contributed by atoms with Crippen LogP contribution in [0, 0.1) is 0 Å². The third-order valence-corrected chi connectivity index (χ3v) is 2.04. The summed E-state index contributed by atoms with van der Waals surface area (Å²) < 4.78 is 63.2. The third kappa shape index (κ3) is 11.1. The van der Waals surface area contributed by atoms with Crippen molar-refractivity contribution in [2.45, 2.75) is 0 Å². The summed E-state index contributed by atoms with van der Waals surface area (Å²) in [5.41, 5.74) is 0. The smallest absolute Gasteiger partial charge is 0.333 e. The predicted molar refractivity (Wildman–Crippen MR) is 50.2 cm³/mol. The van der Waals surface area contributed by atoms with Crippen LogP contribution in [0.5, 0.6) is 0 Å². The van der Waals surface area contributed by atoms with E-state index in [-0.39, 0.29) is 0 Å². The quantitative estimate of drug-likeness (QED) is 0.223. The maximum absolute atomic E-state index is 10.7. The maximum atomic E-state index is 10.7. The molecule has 13 heteroatoms. The van der Waals surface area contributed by atoms with Crippen molar-refractivity contribution in [1.29, 1.82) is 0 Å². The molecule has 17 heavy (non-hydrogen) atoms. The zero-order valence-electron chi connectivity index (χ0n) is 7.98. The topological polar surface area (TPSA) is 176 Å². The van der Waals surface area contributed by atoms with Crippen LogP contribution in [0.4, 0.5) is 0 Å². The highest BCUT2D eigenvalue weighted by atomic mass is 32.2. The Morgan fingerprint density at radius 1 is 0.882 bits per heavy atom. The lowest BCUT2D eigenvalue weighted by molar-refractivity contribution is -0.157. The molecule has 0 atom stereocenters. The summed E-state index contributed by atoms with van der Waals surface area (Å²) in [7, 11) is -9.21. The second-order valence-electron chi connectivity index (χ2n) is 2.44. The molecule has 0 heterocycles. The molecule has 0 saturated heterocycles. The molecular formula is C4H8N2O9S2. The Morgan fingerprint density at radius 2 is 1.18 bits per heavy atom. The van der Waals surface area contributed by atoms with Gasteiger partial charge in [-0.15, -0.1) is 0 Å². The normalized spacial score (nSPS) is 12.1. The second-order valence-corrected chi connectivity index (χ2v) is 4.92. The first-order valence-corrected chi connectivity index (χ1v) is 6.55. The van der Waals surface area contributed by atoms with Crippen LogP contribution in [-0.2, 0) is 34.9 Å². The van der Waals surface area contributed by atoms with Gasteiger partial charge < -0.3 is 4.74 Å². The molecule has 0 aliphatic heterocycles. The summed E-state index contributed by atoms with van der Waals surface area (Å²) >= 11 is 0. The van der Waals surface area contributed by atoms with Gasteiger partial charge in [-0.2, -0.15) is 26.3 Å². The summed E-state index contributed by atoms with van der Waals surface area (Å²) in [6.07, 6.45) is 0. The number of nitrogens with one attached hydrogen (secondary N) is 2. The molecule has 11 nitrogen and oxygen atoms in total. The molecule has 0 aliphatic carbocycles. The molecule has 0 bridgehead atoms. The second kappa shape index (κ2) is 5.99. The standard InChI is InChI=1S/C4H8N2O9S2/c7-3(1-5-16(9,10)11)15-4(8)2-6-17(12,13)14/h5-6H,1-2H2,(H,9,10,11)(H,12,13,14). The Balaban J connectivity index is 4.02. The molecule has 0 aromatic heterocycles. The molecule has 0 saturated carbocycles. The van der Waals surface area contributed by atoms with Crippen LogP contribution in [-0.4, -0.2) is 51.0 Å². The van der Waals surface area contributed by atoms with Crippen molar-refractivity contribution in [1.82, 2.24) is 9.44 Å². The predicted octanol–water partition coefficient (Wildman–Crippen LogP) is -3.16. The van der Waals surface area contributed by atoms with Crippen LogP contribution in [0.25, 0.3) is 0 Å². The molecule has 0 aromatic rings. The number of rotatable bonds is 6. The highest BCUT2D eigenvalue weighted by Gasteiger charge is 2.15. The van der Waals surface area contributed by atoms with Crippen molar-refractivity contribution in [2.24, 2.45) is 0 Å². The summed E-state index contributed by atoms with van der Waals surface area (Å²) in [6.45, 7) is -2.03. The van der Waals surface area contributed by atoms with E-state index in [1.807, 2.05) is 0 Å². The van der Waals surface area contributed by atoms with E-state index in [0.717, 1.165) is 0 Å². The molecule has 0 aromatic carbocycles. The van der Waals surface area contributed by atoms with Gasteiger partial charge in [0.05, 0.1) is 0 Å². The van der Waals surface area contributed by atoms with Gasteiger partial charge in [0.25, 0.3) is 0 Å². The van der Waals surface area contributed by atoms with E-state index in [0.29, 0.717) is 0 Å². The van der Waals surface area contributed by atoms with E-state index in [1.165, 1.54) is 9.44 Å². The average Bonchev–Trinajstić information content (AvgIpc) is 2.09. The monoisotopic (exact) mass is 292 g/mol. The van der Waals surface area contributed by atoms with E-state index in [9.17, 15) is 26.4 Å².